The third-order valence-corrected chi connectivity index (χ3v) is 4.53. The van der Waals surface area contributed by atoms with Crippen molar-refractivity contribution >= 4 is 5.69 Å². The van der Waals surface area contributed by atoms with Crippen LogP contribution in [0, 0.1) is 0 Å². The first-order chi connectivity index (χ1) is 9.76. The molecule has 1 aromatic rings. The largest absolute Gasteiger partial charge is 0.374 e. The summed E-state index contributed by atoms with van der Waals surface area (Å²) in [5, 5.41) is 0. The number of benzene rings is 1. The Morgan fingerprint density at radius 3 is 2.45 bits per heavy atom. The maximum Gasteiger partial charge on any atom is 0.0864 e. The molecule has 0 unspecified atom stereocenters. The van der Waals surface area contributed by atoms with E-state index in [2.05, 4.69) is 43.9 Å². The smallest absolute Gasteiger partial charge is 0.0864 e. The minimum atomic E-state index is 0.238. The van der Waals surface area contributed by atoms with Gasteiger partial charge < -0.3 is 14.4 Å². The topological polar surface area (TPSA) is 21.7 Å². The summed E-state index contributed by atoms with van der Waals surface area (Å²) in [5.41, 5.74) is 4.09. The molecule has 2 heterocycles. The maximum atomic E-state index is 5.98. The molecule has 2 aliphatic heterocycles. The molecule has 0 N–H and O–H groups in total. The van der Waals surface area contributed by atoms with E-state index < -0.39 is 0 Å². The third-order valence-electron chi connectivity index (χ3n) is 4.53. The number of ether oxygens (including phenoxy) is 2. The van der Waals surface area contributed by atoms with Gasteiger partial charge in [0.25, 0.3) is 0 Å². The highest BCUT2D eigenvalue weighted by Crippen LogP contribution is 2.46. The minimum Gasteiger partial charge on any atom is -0.374 e. The summed E-state index contributed by atoms with van der Waals surface area (Å²) in [6, 6.07) is 7.16. The van der Waals surface area contributed by atoms with Crippen LogP contribution in [0.4, 0.5) is 5.69 Å². The van der Waals surface area contributed by atoms with Crippen molar-refractivity contribution in [3.05, 3.63) is 29.3 Å². The van der Waals surface area contributed by atoms with Crippen LogP contribution in [0.25, 0.3) is 0 Å². The second-order valence-electron chi connectivity index (χ2n) is 5.74. The first-order valence-corrected chi connectivity index (χ1v) is 7.88. The second-order valence-corrected chi connectivity index (χ2v) is 5.74. The van der Waals surface area contributed by atoms with Crippen molar-refractivity contribution in [1.29, 1.82) is 0 Å². The van der Waals surface area contributed by atoms with Crippen LogP contribution in [0.3, 0.4) is 0 Å². The fourth-order valence-electron chi connectivity index (χ4n) is 3.69. The van der Waals surface area contributed by atoms with Crippen LogP contribution >= 0.6 is 0 Å². The fraction of sp³-hybridized carbons (Fsp3) is 0.647. The quantitative estimate of drug-likeness (QED) is 0.833. The predicted octanol–water partition coefficient (Wildman–Crippen LogP) is 3.84. The molecule has 0 aliphatic carbocycles. The lowest BCUT2D eigenvalue weighted by molar-refractivity contribution is 0.0378. The van der Waals surface area contributed by atoms with Gasteiger partial charge in [-0.1, -0.05) is 18.2 Å². The lowest BCUT2D eigenvalue weighted by Crippen LogP contribution is -2.43. The number of anilines is 1. The number of rotatable bonds is 4. The first kappa shape index (κ1) is 13.9. The summed E-state index contributed by atoms with van der Waals surface area (Å²) >= 11 is 0. The van der Waals surface area contributed by atoms with Gasteiger partial charge in [0.05, 0.1) is 12.2 Å². The average Bonchev–Trinajstić information content (AvgIpc) is 2.46. The Morgan fingerprint density at radius 1 is 1.10 bits per heavy atom. The van der Waals surface area contributed by atoms with Gasteiger partial charge in [-0.15, -0.1) is 0 Å². The zero-order chi connectivity index (χ0) is 14.1. The van der Waals surface area contributed by atoms with Crippen LogP contribution in [0.1, 0.15) is 56.9 Å². The van der Waals surface area contributed by atoms with Crippen LogP contribution in [0.5, 0.6) is 0 Å². The molecule has 0 fully saturated rings. The van der Waals surface area contributed by atoms with E-state index in [1.165, 1.54) is 16.8 Å². The lowest BCUT2D eigenvalue weighted by atomic mass is 9.86. The zero-order valence-corrected chi connectivity index (χ0v) is 12.8. The molecule has 0 aromatic heterocycles. The Bertz CT molecular complexity index is 460. The van der Waals surface area contributed by atoms with E-state index in [1.54, 1.807) is 0 Å². The molecular formula is C17H25NO2. The van der Waals surface area contributed by atoms with E-state index in [9.17, 15) is 0 Å². The maximum absolute atomic E-state index is 5.98. The van der Waals surface area contributed by atoms with Crippen LogP contribution in [-0.2, 0) is 9.47 Å². The van der Waals surface area contributed by atoms with Gasteiger partial charge in [0.1, 0.15) is 0 Å². The van der Waals surface area contributed by atoms with Crippen molar-refractivity contribution < 1.29 is 9.47 Å². The second kappa shape index (κ2) is 5.74. The number of para-hydroxylation sites is 1. The molecule has 0 saturated heterocycles. The van der Waals surface area contributed by atoms with Crippen LogP contribution in [0.2, 0.25) is 0 Å². The SMILES string of the molecule is CCO[C@H]1CCN2c3c1cccc3[C@H](OCC)C[C@@H]2C. The van der Waals surface area contributed by atoms with Crippen LogP contribution in [0.15, 0.2) is 18.2 Å². The van der Waals surface area contributed by atoms with Crippen molar-refractivity contribution in [3.63, 3.8) is 0 Å². The zero-order valence-electron chi connectivity index (χ0n) is 12.8. The predicted molar refractivity (Wildman–Crippen MR) is 81.2 cm³/mol. The Kier molecular flexibility index (Phi) is 3.99. The molecule has 1 aromatic carbocycles. The average molecular weight is 275 g/mol. The van der Waals surface area contributed by atoms with Gasteiger partial charge in [-0.3, -0.25) is 0 Å². The first-order valence-electron chi connectivity index (χ1n) is 7.88. The summed E-state index contributed by atoms with van der Waals surface area (Å²) in [6.07, 6.45) is 2.66. The fourth-order valence-corrected chi connectivity index (χ4v) is 3.69. The molecule has 20 heavy (non-hydrogen) atoms. The van der Waals surface area contributed by atoms with E-state index in [1.807, 2.05) is 0 Å². The van der Waals surface area contributed by atoms with E-state index in [4.69, 9.17) is 9.47 Å². The monoisotopic (exact) mass is 275 g/mol. The third kappa shape index (κ3) is 2.23. The number of nitrogens with zero attached hydrogens (tertiary/aromatic N) is 1. The Hall–Kier alpha value is -1.06. The molecule has 2 aliphatic rings. The molecule has 3 atom stereocenters. The Labute approximate surface area is 121 Å². The summed E-state index contributed by atoms with van der Waals surface area (Å²) in [6.45, 7) is 9.11. The van der Waals surface area contributed by atoms with Crippen LogP contribution < -0.4 is 4.90 Å². The minimum absolute atomic E-state index is 0.238. The Morgan fingerprint density at radius 2 is 1.75 bits per heavy atom. The Balaban J connectivity index is 2.04. The van der Waals surface area contributed by atoms with Gasteiger partial charge in [-0.05, 0) is 33.6 Å². The van der Waals surface area contributed by atoms with E-state index in [0.717, 1.165) is 32.6 Å². The molecule has 0 radical (unpaired) electrons. The van der Waals surface area contributed by atoms with Crippen molar-refractivity contribution in [2.45, 2.75) is 51.9 Å². The van der Waals surface area contributed by atoms with Crippen molar-refractivity contribution in [2.24, 2.45) is 0 Å². The lowest BCUT2D eigenvalue weighted by Gasteiger charge is -2.46. The van der Waals surface area contributed by atoms with Gasteiger partial charge >= 0.3 is 0 Å². The van der Waals surface area contributed by atoms with E-state index >= 15 is 0 Å². The molecule has 3 rings (SSSR count). The van der Waals surface area contributed by atoms with Gasteiger partial charge in [0.2, 0.25) is 0 Å². The highest BCUT2D eigenvalue weighted by atomic mass is 16.5. The molecule has 0 spiro atoms. The van der Waals surface area contributed by atoms with Gasteiger partial charge in [0.15, 0.2) is 0 Å². The van der Waals surface area contributed by atoms with Gasteiger partial charge in [0, 0.05) is 42.6 Å². The summed E-state index contributed by atoms with van der Waals surface area (Å²) in [7, 11) is 0. The van der Waals surface area contributed by atoms with Crippen LogP contribution in [-0.4, -0.2) is 25.8 Å². The summed E-state index contributed by atoms with van der Waals surface area (Å²) in [4.78, 5) is 2.55. The van der Waals surface area contributed by atoms with Crippen molar-refractivity contribution in [1.82, 2.24) is 0 Å². The van der Waals surface area contributed by atoms with E-state index in [0.29, 0.717) is 6.04 Å². The van der Waals surface area contributed by atoms with Gasteiger partial charge in [-0.2, -0.15) is 0 Å². The van der Waals surface area contributed by atoms with Crippen molar-refractivity contribution in [3.8, 4) is 0 Å². The van der Waals surface area contributed by atoms with Crippen molar-refractivity contribution in [2.75, 3.05) is 24.7 Å². The van der Waals surface area contributed by atoms with E-state index in [-0.39, 0.29) is 12.2 Å². The molecule has 0 bridgehead atoms. The molecule has 0 amide bonds. The summed E-state index contributed by atoms with van der Waals surface area (Å²) in [5.74, 6) is 0. The molecule has 0 saturated carbocycles. The van der Waals surface area contributed by atoms with Gasteiger partial charge in [-0.25, -0.2) is 0 Å². The molecular weight excluding hydrogens is 250 g/mol. The molecule has 110 valence electrons. The highest BCUT2D eigenvalue weighted by molar-refractivity contribution is 5.65. The highest BCUT2D eigenvalue weighted by Gasteiger charge is 2.36. The molecule has 3 nitrogen and oxygen atoms in total. The number of hydrogen-bond donors (Lipinski definition) is 0. The standard InChI is InChI=1S/C17H25NO2/c1-4-19-15-9-10-18-12(3)11-16(20-5-2)14-8-6-7-13(15)17(14)18/h6-8,12,15-16H,4-5,9-11H2,1-3H3/t12-,15-,16+/m0/s1. The molecule has 3 heteroatoms. The number of hydrogen-bond acceptors (Lipinski definition) is 3. The summed E-state index contributed by atoms with van der Waals surface area (Å²) < 4.78 is 11.9. The normalized spacial score (nSPS) is 28.4.